The molecule has 92 valence electrons. The number of aromatic nitrogens is 4. The van der Waals surface area contributed by atoms with Gasteiger partial charge < -0.3 is 5.73 Å². The van der Waals surface area contributed by atoms with Crippen LogP contribution in [0.15, 0.2) is 18.5 Å². The highest BCUT2D eigenvalue weighted by Gasteiger charge is 2.15. The van der Waals surface area contributed by atoms with Gasteiger partial charge >= 0.3 is 0 Å². The first-order valence-corrected chi connectivity index (χ1v) is 5.86. The molecule has 0 radical (unpaired) electrons. The Morgan fingerprint density at radius 1 is 1.29 bits per heavy atom. The minimum atomic E-state index is -0.0338. The van der Waals surface area contributed by atoms with E-state index in [0.717, 1.165) is 29.8 Å². The van der Waals surface area contributed by atoms with Crippen molar-refractivity contribution in [3.63, 3.8) is 0 Å². The number of nitrogens with two attached hydrogens (primary N) is 1. The summed E-state index contributed by atoms with van der Waals surface area (Å²) in [5, 5.41) is 8.76. The Morgan fingerprint density at radius 3 is 2.65 bits per heavy atom. The predicted octanol–water partition coefficient (Wildman–Crippen LogP) is 0.959. The average Bonchev–Trinajstić information content (AvgIpc) is 2.84. The van der Waals surface area contributed by atoms with Crippen LogP contribution in [0, 0.1) is 0 Å². The third-order valence-corrected chi connectivity index (χ3v) is 2.87. The van der Waals surface area contributed by atoms with Gasteiger partial charge in [0, 0.05) is 44.5 Å². The summed E-state index contributed by atoms with van der Waals surface area (Å²) in [6, 6.07) is 1.97. The van der Waals surface area contributed by atoms with Crippen molar-refractivity contribution in [3.8, 4) is 0 Å². The molecule has 0 spiro atoms. The summed E-state index contributed by atoms with van der Waals surface area (Å²) in [5.41, 5.74) is 9.45. The quantitative estimate of drug-likeness (QED) is 0.855. The lowest BCUT2D eigenvalue weighted by molar-refractivity contribution is 0.670. The van der Waals surface area contributed by atoms with Crippen molar-refractivity contribution in [2.45, 2.75) is 25.8 Å². The molecule has 2 aromatic heterocycles. The molecule has 0 amide bonds. The van der Waals surface area contributed by atoms with E-state index in [1.54, 1.807) is 4.68 Å². The van der Waals surface area contributed by atoms with Crippen molar-refractivity contribution >= 4 is 0 Å². The molecular formula is C12H19N5. The maximum Gasteiger partial charge on any atom is 0.0669 e. The zero-order chi connectivity index (χ0) is 12.4. The van der Waals surface area contributed by atoms with Gasteiger partial charge in [0.05, 0.1) is 11.4 Å². The number of nitrogens with zero attached hydrogens (tertiary/aromatic N) is 4. The fraction of sp³-hybridized carbons (Fsp3) is 0.500. The monoisotopic (exact) mass is 233 g/mol. The minimum absolute atomic E-state index is 0.0338. The molecule has 1 unspecified atom stereocenters. The molecule has 5 nitrogen and oxygen atoms in total. The lowest BCUT2D eigenvalue weighted by atomic mass is 10.0. The Hall–Kier alpha value is -1.62. The van der Waals surface area contributed by atoms with Crippen LogP contribution in [0.25, 0.3) is 0 Å². The normalized spacial score (nSPS) is 12.9. The van der Waals surface area contributed by atoms with Crippen molar-refractivity contribution < 1.29 is 0 Å². The molecule has 0 saturated carbocycles. The van der Waals surface area contributed by atoms with E-state index >= 15 is 0 Å². The molecule has 2 N–H and O–H groups in total. The van der Waals surface area contributed by atoms with Gasteiger partial charge in [0.1, 0.15) is 0 Å². The Bertz CT molecular complexity index is 497. The lowest BCUT2D eigenvalue weighted by Gasteiger charge is -2.09. The zero-order valence-electron chi connectivity index (χ0n) is 10.6. The number of hydrogen-bond acceptors (Lipinski definition) is 3. The largest absolute Gasteiger partial charge is 0.324 e. The summed E-state index contributed by atoms with van der Waals surface area (Å²) in [4.78, 5) is 0. The molecule has 0 bridgehead atoms. The Labute approximate surface area is 101 Å². The van der Waals surface area contributed by atoms with Gasteiger partial charge in [-0.25, -0.2) is 0 Å². The van der Waals surface area contributed by atoms with Crippen LogP contribution >= 0.6 is 0 Å². The van der Waals surface area contributed by atoms with Crippen LogP contribution in [0.4, 0.5) is 0 Å². The standard InChI is InChI=1S/C12H19N5/c1-4-12-10(8-17(3)15-12)11(13)7-9-5-6-16(2)14-9/h5-6,8,11H,4,7,13H2,1-3H3. The van der Waals surface area contributed by atoms with Gasteiger partial charge in [0.15, 0.2) is 0 Å². The van der Waals surface area contributed by atoms with E-state index in [4.69, 9.17) is 5.73 Å². The molecule has 0 saturated heterocycles. The van der Waals surface area contributed by atoms with Crippen LogP contribution in [0.2, 0.25) is 0 Å². The summed E-state index contributed by atoms with van der Waals surface area (Å²) in [5.74, 6) is 0. The molecule has 2 aromatic rings. The first-order valence-electron chi connectivity index (χ1n) is 5.86. The van der Waals surface area contributed by atoms with Gasteiger partial charge in [-0.3, -0.25) is 9.36 Å². The predicted molar refractivity (Wildman–Crippen MR) is 66.4 cm³/mol. The zero-order valence-corrected chi connectivity index (χ0v) is 10.6. The van der Waals surface area contributed by atoms with Crippen molar-refractivity contribution in [2.24, 2.45) is 19.8 Å². The van der Waals surface area contributed by atoms with E-state index in [9.17, 15) is 0 Å². The molecule has 17 heavy (non-hydrogen) atoms. The van der Waals surface area contributed by atoms with Crippen molar-refractivity contribution in [3.05, 3.63) is 35.4 Å². The fourth-order valence-corrected chi connectivity index (χ4v) is 2.04. The number of hydrogen-bond donors (Lipinski definition) is 1. The smallest absolute Gasteiger partial charge is 0.0669 e. The fourth-order valence-electron chi connectivity index (χ4n) is 2.04. The summed E-state index contributed by atoms with van der Waals surface area (Å²) in [6.45, 7) is 2.10. The summed E-state index contributed by atoms with van der Waals surface area (Å²) in [6.07, 6.45) is 5.60. The molecule has 0 aliphatic heterocycles. The summed E-state index contributed by atoms with van der Waals surface area (Å²) in [7, 11) is 3.84. The first-order chi connectivity index (χ1) is 8.10. The van der Waals surface area contributed by atoms with Crippen molar-refractivity contribution in [2.75, 3.05) is 0 Å². The van der Waals surface area contributed by atoms with Gasteiger partial charge in [-0.2, -0.15) is 10.2 Å². The molecule has 0 aliphatic carbocycles. The molecule has 0 aromatic carbocycles. The molecule has 0 aliphatic rings. The van der Waals surface area contributed by atoms with Crippen molar-refractivity contribution in [1.82, 2.24) is 19.6 Å². The first kappa shape index (κ1) is 11.9. The molecular weight excluding hydrogens is 214 g/mol. The van der Waals surface area contributed by atoms with E-state index in [0.29, 0.717) is 0 Å². The Balaban J connectivity index is 2.16. The van der Waals surface area contributed by atoms with Crippen LogP contribution in [0.5, 0.6) is 0 Å². The van der Waals surface area contributed by atoms with Crippen LogP contribution in [-0.4, -0.2) is 19.6 Å². The number of rotatable bonds is 4. The maximum atomic E-state index is 6.22. The lowest BCUT2D eigenvalue weighted by Crippen LogP contribution is -2.15. The molecule has 1 atom stereocenters. The van der Waals surface area contributed by atoms with E-state index in [-0.39, 0.29) is 6.04 Å². The average molecular weight is 233 g/mol. The van der Waals surface area contributed by atoms with E-state index in [1.807, 2.05) is 37.2 Å². The van der Waals surface area contributed by atoms with Gasteiger partial charge in [-0.05, 0) is 12.5 Å². The highest BCUT2D eigenvalue weighted by molar-refractivity contribution is 5.22. The number of aryl methyl sites for hydroxylation is 3. The van der Waals surface area contributed by atoms with E-state index in [1.165, 1.54) is 0 Å². The van der Waals surface area contributed by atoms with Gasteiger partial charge in [0.2, 0.25) is 0 Å². The van der Waals surface area contributed by atoms with E-state index < -0.39 is 0 Å². The second kappa shape index (κ2) is 4.71. The topological polar surface area (TPSA) is 61.7 Å². The van der Waals surface area contributed by atoms with Crippen LogP contribution in [0.1, 0.15) is 29.9 Å². The Morgan fingerprint density at radius 2 is 2.06 bits per heavy atom. The highest BCUT2D eigenvalue weighted by Crippen LogP contribution is 2.18. The van der Waals surface area contributed by atoms with Gasteiger partial charge in [-0.1, -0.05) is 6.92 Å². The third-order valence-electron chi connectivity index (χ3n) is 2.87. The van der Waals surface area contributed by atoms with Crippen LogP contribution in [-0.2, 0) is 26.9 Å². The SMILES string of the molecule is CCc1nn(C)cc1C(N)Cc1ccn(C)n1. The molecule has 5 heteroatoms. The molecule has 0 fully saturated rings. The van der Waals surface area contributed by atoms with Crippen molar-refractivity contribution in [1.29, 1.82) is 0 Å². The van der Waals surface area contributed by atoms with Gasteiger partial charge in [-0.15, -0.1) is 0 Å². The second-order valence-corrected chi connectivity index (χ2v) is 4.35. The van der Waals surface area contributed by atoms with Crippen LogP contribution < -0.4 is 5.73 Å². The highest BCUT2D eigenvalue weighted by atomic mass is 15.3. The third kappa shape index (κ3) is 2.55. The maximum absolute atomic E-state index is 6.22. The minimum Gasteiger partial charge on any atom is -0.324 e. The molecule has 2 rings (SSSR count). The Kier molecular flexibility index (Phi) is 3.28. The summed E-state index contributed by atoms with van der Waals surface area (Å²) >= 11 is 0. The van der Waals surface area contributed by atoms with Gasteiger partial charge in [0.25, 0.3) is 0 Å². The second-order valence-electron chi connectivity index (χ2n) is 4.35. The van der Waals surface area contributed by atoms with Crippen LogP contribution in [0.3, 0.4) is 0 Å². The molecule has 2 heterocycles. The summed E-state index contributed by atoms with van der Waals surface area (Å²) < 4.78 is 3.62. The van der Waals surface area contributed by atoms with E-state index in [2.05, 4.69) is 17.1 Å².